The van der Waals surface area contributed by atoms with Crippen LogP contribution in [-0.2, 0) is 4.79 Å². The van der Waals surface area contributed by atoms with Crippen LogP contribution in [0.2, 0.25) is 0 Å². The molecule has 0 radical (unpaired) electrons. The number of likely N-dealkylation sites (tertiary alicyclic amines) is 1. The third-order valence-corrected chi connectivity index (χ3v) is 3.73. The molecule has 1 N–H and O–H groups in total. The van der Waals surface area contributed by atoms with Gasteiger partial charge in [-0.3, -0.25) is 4.79 Å². The number of carbonyl (C=O) groups excluding carboxylic acids is 1. The second-order valence-corrected chi connectivity index (χ2v) is 5.08. The Labute approximate surface area is 84.8 Å². The number of fused-ring (bicyclic) bond motifs is 2. The van der Waals surface area contributed by atoms with E-state index in [-0.39, 0.29) is 0 Å². The van der Waals surface area contributed by atoms with Gasteiger partial charge in [0.15, 0.2) is 0 Å². The molecular formula is C11H18N2O. The van der Waals surface area contributed by atoms with E-state index in [4.69, 9.17) is 0 Å². The summed E-state index contributed by atoms with van der Waals surface area (Å²) in [7, 11) is 0. The topological polar surface area (TPSA) is 32.3 Å². The fourth-order valence-electron chi connectivity index (χ4n) is 2.70. The van der Waals surface area contributed by atoms with Crippen LogP contribution in [0, 0.1) is 5.92 Å². The summed E-state index contributed by atoms with van der Waals surface area (Å²) in [5.41, 5.74) is 0. The number of nitrogens with one attached hydrogen (secondary N) is 1. The molecule has 3 aliphatic rings. The van der Waals surface area contributed by atoms with Crippen molar-refractivity contribution in [2.24, 2.45) is 5.92 Å². The van der Waals surface area contributed by atoms with Crippen LogP contribution in [-0.4, -0.2) is 36.0 Å². The van der Waals surface area contributed by atoms with Gasteiger partial charge in [0.25, 0.3) is 0 Å². The molecule has 0 aromatic rings. The van der Waals surface area contributed by atoms with Gasteiger partial charge in [0.05, 0.1) is 0 Å². The lowest BCUT2D eigenvalue weighted by atomic mass is 10.1. The molecule has 3 fully saturated rings. The van der Waals surface area contributed by atoms with Crippen LogP contribution in [0.5, 0.6) is 0 Å². The standard InChI is InChI=1S/C11H18N2O/c14-11-5-9-3-4-10(12-9)7-13(11)6-8-1-2-8/h8-10,12H,1-7H2. The Morgan fingerprint density at radius 2 is 2.00 bits per heavy atom. The van der Waals surface area contributed by atoms with Crippen molar-refractivity contribution < 1.29 is 4.79 Å². The van der Waals surface area contributed by atoms with Gasteiger partial charge in [-0.05, 0) is 31.6 Å². The van der Waals surface area contributed by atoms with Crippen molar-refractivity contribution in [3.05, 3.63) is 0 Å². The van der Waals surface area contributed by atoms with Crippen LogP contribution in [0.4, 0.5) is 0 Å². The van der Waals surface area contributed by atoms with Crippen LogP contribution in [0.1, 0.15) is 32.1 Å². The summed E-state index contributed by atoms with van der Waals surface area (Å²) in [6, 6.07) is 1.07. The average Bonchev–Trinajstić information content (AvgIpc) is 2.87. The molecule has 1 saturated carbocycles. The van der Waals surface area contributed by atoms with E-state index in [9.17, 15) is 4.79 Å². The first kappa shape index (κ1) is 8.72. The number of rotatable bonds is 2. The molecule has 0 aromatic carbocycles. The molecule has 3 heteroatoms. The van der Waals surface area contributed by atoms with E-state index in [1.165, 1.54) is 25.7 Å². The Balaban J connectivity index is 1.67. The zero-order chi connectivity index (χ0) is 9.54. The first-order valence-corrected chi connectivity index (χ1v) is 5.85. The van der Waals surface area contributed by atoms with Crippen LogP contribution in [0.25, 0.3) is 0 Å². The SMILES string of the molecule is O=C1CC2CCC(CN1CC1CC1)N2. The van der Waals surface area contributed by atoms with Gasteiger partial charge >= 0.3 is 0 Å². The third kappa shape index (κ3) is 1.65. The lowest BCUT2D eigenvalue weighted by Gasteiger charge is -2.24. The molecule has 2 atom stereocenters. The van der Waals surface area contributed by atoms with Crippen molar-refractivity contribution >= 4 is 5.91 Å². The van der Waals surface area contributed by atoms with Gasteiger partial charge in [-0.25, -0.2) is 0 Å². The number of hydrogen-bond donors (Lipinski definition) is 1. The smallest absolute Gasteiger partial charge is 0.224 e. The van der Waals surface area contributed by atoms with Gasteiger partial charge in [0.2, 0.25) is 5.91 Å². The van der Waals surface area contributed by atoms with Gasteiger partial charge in [-0.15, -0.1) is 0 Å². The number of hydrogen-bond acceptors (Lipinski definition) is 2. The minimum absolute atomic E-state index is 0.386. The lowest BCUT2D eigenvalue weighted by molar-refractivity contribution is -0.131. The molecule has 1 amide bonds. The van der Waals surface area contributed by atoms with Gasteiger partial charge in [-0.1, -0.05) is 0 Å². The van der Waals surface area contributed by atoms with E-state index >= 15 is 0 Å². The molecule has 3 rings (SSSR count). The van der Waals surface area contributed by atoms with E-state index in [0.29, 0.717) is 18.0 Å². The first-order valence-electron chi connectivity index (χ1n) is 5.85. The molecular weight excluding hydrogens is 176 g/mol. The summed E-state index contributed by atoms with van der Waals surface area (Å²) in [6.45, 7) is 2.00. The Bertz CT molecular complexity index is 250. The lowest BCUT2D eigenvalue weighted by Crippen LogP contribution is -2.38. The molecule has 78 valence electrons. The average molecular weight is 194 g/mol. The fourth-order valence-corrected chi connectivity index (χ4v) is 2.70. The number of nitrogens with zero attached hydrogens (tertiary/aromatic N) is 1. The zero-order valence-corrected chi connectivity index (χ0v) is 8.54. The van der Waals surface area contributed by atoms with Crippen LogP contribution < -0.4 is 5.32 Å². The molecule has 2 saturated heterocycles. The monoisotopic (exact) mass is 194 g/mol. The van der Waals surface area contributed by atoms with Gasteiger partial charge in [0, 0.05) is 31.6 Å². The van der Waals surface area contributed by atoms with E-state index in [0.717, 1.165) is 25.4 Å². The molecule has 2 unspecified atom stereocenters. The molecule has 1 aliphatic carbocycles. The number of carbonyl (C=O) groups is 1. The summed E-state index contributed by atoms with van der Waals surface area (Å²) in [4.78, 5) is 14.0. The zero-order valence-electron chi connectivity index (χ0n) is 8.54. The maximum absolute atomic E-state index is 11.9. The Morgan fingerprint density at radius 1 is 1.21 bits per heavy atom. The molecule has 2 aliphatic heterocycles. The van der Waals surface area contributed by atoms with Crippen molar-refractivity contribution in [1.29, 1.82) is 0 Å². The maximum atomic E-state index is 11.9. The van der Waals surface area contributed by atoms with Gasteiger partial charge in [-0.2, -0.15) is 0 Å². The Kier molecular flexibility index (Phi) is 2.01. The molecule has 2 bridgehead atoms. The molecule has 0 aromatic heterocycles. The molecule has 0 spiro atoms. The van der Waals surface area contributed by atoms with E-state index in [1.54, 1.807) is 0 Å². The normalized spacial score (nSPS) is 37.4. The summed E-state index contributed by atoms with van der Waals surface area (Å²) in [5.74, 6) is 1.21. The van der Waals surface area contributed by atoms with E-state index in [1.807, 2.05) is 0 Å². The van der Waals surface area contributed by atoms with Gasteiger partial charge < -0.3 is 10.2 Å². The first-order chi connectivity index (χ1) is 6.81. The molecule has 3 nitrogen and oxygen atoms in total. The second-order valence-electron chi connectivity index (χ2n) is 5.08. The van der Waals surface area contributed by atoms with Crippen molar-refractivity contribution in [1.82, 2.24) is 10.2 Å². The van der Waals surface area contributed by atoms with Crippen molar-refractivity contribution in [2.45, 2.75) is 44.2 Å². The van der Waals surface area contributed by atoms with Crippen molar-refractivity contribution in [3.63, 3.8) is 0 Å². The van der Waals surface area contributed by atoms with E-state index in [2.05, 4.69) is 10.2 Å². The summed E-state index contributed by atoms with van der Waals surface area (Å²) in [6.07, 6.45) is 5.88. The van der Waals surface area contributed by atoms with Crippen molar-refractivity contribution in [2.75, 3.05) is 13.1 Å². The highest BCUT2D eigenvalue weighted by Crippen LogP contribution is 2.31. The minimum atomic E-state index is 0.386. The van der Waals surface area contributed by atoms with Crippen LogP contribution >= 0.6 is 0 Å². The predicted molar refractivity (Wildman–Crippen MR) is 53.9 cm³/mol. The maximum Gasteiger partial charge on any atom is 0.224 e. The summed E-state index contributed by atoms with van der Waals surface area (Å²) in [5, 5.41) is 3.54. The van der Waals surface area contributed by atoms with Crippen LogP contribution in [0.15, 0.2) is 0 Å². The second kappa shape index (κ2) is 3.23. The highest BCUT2D eigenvalue weighted by atomic mass is 16.2. The predicted octanol–water partition coefficient (Wildman–Crippen LogP) is 0.749. The summed E-state index contributed by atoms with van der Waals surface area (Å²) < 4.78 is 0. The fraction of sp³-hybridized carbons (Fsp3) is 0.909. The quantitative estimate of drug-likeness (QED) is 0.703. The Hall–Kier alpha value is -0.570. The third-order valence-electron chi connectivity index (χ3n) is 3.73. The van der Waals surface area contributed by atoms with Crippen molar-refractivity contribution in [3.8, 4) is 0 Å². The largest absolute Gasteiger partial charge is 0.341 e. The van der Waals surface area contributed by atoms with E-state index < -0.39 is 0 Å². The highest BCUT2D eigenvalue weighted by Gasteiger charge is 2.35. The van der Waals surface area contributed by atoms with Crippen LogP contribution in [0.3, 0.4) is 0 Å². The molecule has 14 heavy (non-hydrogen) atoms. The molecule has 2 heterocycles. The highest BCUT2D eigenvalue weighted by molar-refractivity contribution is 5.77. The minimum Gasteiger partial charge on any atom is -0.341 e. The van der Waals surface area contributed by atoms with Gasteiger partial charge in [0.1, 0.15) is 0 Å². The Morgan fingerprint density at radius 3 is 2.79 bits per heavy atom. The number of amides is 1. The summed E-state index contributed by atoms with van der Waals surface area (Å²) >= 11 is 0.